The third kappa shape index (κ3) is 3.82. The molecule has 1 fully saturated rings. The second-order valence-corrected chi connectivity index (χ2v) is 7.56. The van der Waals surface area contributed by atoms with Crippen molar-refractivity contribution in [3.63, 3.8) is 0 Å². The highest BCUT2D eigenvalue weighted by molar-refractivity contribution is 14.1. The van der Waals surface area contributed by atoms with Crippen LogP contribution in [0.5, 0.6) is 0 Å². The molecule has 0 unspecified atom stereocenters. The summed E-state index contributed by atoms with van der Waals surface area (Å²) in [5.41, 5.74) is 4.56. The molecule has 2 heterocycles. The van der Waals surface area contributed by atoms with Gasteiger partial charge in [-0.1, -0.05) is 12.1 Å². The second-order valence-electron chi connectivity index (χ2n) is 6.40. The van der Waals surface area contributed by atoms with E-state index in [0.29, 0.717) is 30.2 Å². The number of morpholine rings is 1. The van der Waals surface area contributed by atoms with Gasteiger partial charge in [0.2, 0.25) is 5.91 Å². The number of hydrogen-bond acceptors (Lipinski definition) is 5. The highest BCUT2D eigenvalue weighted by Crippen LogP contribution is 2.37. The zero-order valence-corrected chi connectivity index (χ0v) is 16.7. The molecule has 0 atom stereocenters. The van der Waals surface area contributed by atoms with Gasteiger partial charge in [0, 0.05) is 16.7 Å². The molecule has 2 aliphatic heterocycles. The van der Waals surface area contributed by atoms with E-state index in [9.17, 15) is 4.79 Å². The zero-order valence-electron chi connectivity index (χ0n) is 14.5. The Kier molecular flexibility index (Phi) is 5.09. The number of fused-ring (bicyclic) bond motifs is 1. The zero-order chi connectivity index (χ0) is 18.8. The minimum Gasteiger partial charge on any atom is -0.378 e. The molecule has 0 saturated carbocycles. The van der Waals surface area contributed by atoms with Crippen LogP contribution in [0.4, 0.5) is 17.1 Å². The number of rotatable bonds is 2. The average Bonchev–Trinajstić information content (AvgIpc) is 2.85. The molecule has 0 radical (unpaired) electrons. The first-order valence-electron chi connectivity index (χ1n) is 8.68. The number of hydrogen-bond donors (Lipinski definition) is 1. The lowest BCUT2D eigenvalue weighted by Crippen LogP contribution is -2.36. The van der Waals surface area contributed by atoms with Crippen molar-refractivity contribution in [1.82, 2.24) is 0 Å². The maximum atomic E-state index is 12.4. The number of nitrogens with one attached hydrogen (secondary N) is 1. The van der Waals surface area contributed by atoms with E-state index in [0.717, 1.165) is 33.6 Å². The van der Waals surface area contributed by atoms with Gasteiger partial charge in [-0.3, -0.25) is 9.79 Å². The minimum atomic E-state index is -0.107. The van der Waals surface area contributed by atoms with E-state index in [-0.39, 0.29) is 12.3 Å². The Hall–Kier alpha value is -2.44. The summed E-state index contributed by atoms with van der Waals surface area (Å²) in [6.07, 6.45) is 0.174. The lowest BCUT2D eigenvalue weighted by molar-refractivity contribution is -0.115. The summed E-state index contributed by atoms with van der Waals surface area (Å²) in [7, 11) is 0. The van der Waals surface area contributed by atoms with Gasteiger partial charge in [0.05, 0.1) is 54.0 Å². The Morgan fingerprint density at radius 2 is 2.04 bits per heavy atom. The van der Waals surface area contributed by atoms with E-state index in [1.807, 2.05) is 24.3 Å². The van der Waals surface area contributed by atoms with Crippen molar-refractivity contribution in [2.24, 2.45) is 4.99 Å². The standard InChI is InChI=1S/C20H17IN4O2/c21-15-9-17-18(10-19(15)25-4-6-27-7-5-25)23-16(11-20(26)24-17)14-3-1-2-13(8-14)12-22/h1-3,8-10H,4-7,11H2,(H,24,26). The Morgan fingerprint density at radius 1 is 1.22 bits per heavy atom. The number of aliphatic imine (C=N–C) groups is 1. The Balaban J connectivity index is 1.79. The molecule has 2 aliphatic rings. The lowest BCUT2D eigenvalue weighted by Gasteiger charge is -2.30. The van der Waals surface area contributed by atoms with Crippen LogP contribution in [0, 0.1) is 14.9 Å². The molecule has 1 amide bonds. The van der Waals surface area contributed by atoms with Crippen molar-refractivity contribution < 1.29 is 9.53 Å². The molecule has 1 saturated heterocycles. The van der Waals surface area contributed by atoms with E-state index in [4.69, 9.17) is 15.0 Å². The molecule has 6 nitrogen and oxygen atoms in total. The van der Waals surface area contributed by atoms with Gasteiger partial charge in [-0.25, -0.2) is 0 Å². The fraction of sp³-hybridized carbons (Fsp3) is 0.250. The monoisotopic (exact) mass is 472 g/mol. The van der Waals surface area contributed by atoms with Crippen molar-refractivity contribution in [1.29, 1.82) is 5.26 Å². The molecule has 136 valence electrons. The summed E-state index contributed by atoms with van der Waals surface area (Å²) in [4.78, 5) is 19.5. The van der Waals surface area contributed by atoms with Gasteiger partial charge in [0.1, 0.15) is 0 Å². The van der Waals surface area contributed by atoms with Crippen molar-refractivity contribution in [2.75, 3.05) is 36.5 Å². The third-order valence-corrected chi connectivity index (χ3v) is 5.46. The highest BCUT2D eigenvalue weighted by Gasteiger charge is 2.21. The van der Waals surface area contributed by atoms with E-state index >= 15 is 0 Å². The fourth-order valence-corrected chi connectivity index (χ4v) is 4.06. The van der Waals surface area contributed by atoms with E-state index in [1.165, 1.54) is 0 Å². The predicted molar refractivity (Wildman–Crippen MR) is 113 cm³/mol. The van der Waals surface area contributed by atoms with E-state index in [2.05, 4.69) is 38.9 Å². The van der Waals surface area contributed by atoms with Crippen molar-refractivity contribution in [3.8, 4) is 6.07 Å². The molecular formula is C20H17IN4O2. The first-order chi connectivity index (χ1) is 13.1. The van der Waals surface area contributed by atoms with E-state index in [1.54, 1.807) is 12.1 Å². The first-order valence-corrected chi connectivity index (χ1v) is 9.76. The molecule has 1 N–H and O–H groups in total. The summed E-state index contributed by atoms with van der Waals surface area (Å²) < 4.78 is 6.52. The average molecular weight is 472 g/mol. The van der Waals surface area contributed by atoms with Crippen LogP contribution < -0.4 is 10.2 Å². The maximum absolute atomic E-state index is 12.4. The highest BCUT2D eigenvalue weighted by atomic mass is 127. The normalized spacial score (nSPS) is 16.7. The minimum absolute atomic E-state index is 0.107. The van der Waals surface area contributed by atoms with Gasteiger partial charge in [-0.2, -0.15) is 5.26 Å². The van der Waals surface area contributed by atoms with Crippen LogP contribution in [-0.2, 0) is 9.53 Å². The Morgan fingerprint density at radius 3 is 2.81 bits per heavy atom. The number of carbonyl (C=O) groups excluding carboxylic acids is 1. The van der Waals surface area contributed by atoms with Crippen LogP contribution in [0.2, 0.25) is 0 Å². The molecule has 4 rings (SSSR count). The van der Waals surface area contributed by atoms with Gasteiger partial charge in [-0.05, 0) is 52.4 Å². The summed E-state index contributed by atoms with van der Waals surface area (Å²) in [6, 6.07) is 13.3. The summed E-state index contributed by atoms with van der Waals surface area (Å²) in [5, 5.41) is 12.1. The Labute approximate surface area is 171 Å². The molecule has 0 spiro atoms. The van der Waals surface area contributed by atoms with Crippen LogP contribution in [-0.4, -0.2) is 37.9 Å². The van der Waals surface area contributed by atoms with Gasteiger partial charge in [0.15, 0.2) is 0 Å². The quantitative estimate of drug-likeness (QED) is 0.680. The molecule has 27 heavy (non-hydrogen) atoms. The molecule has 0 aromatic heterocycles. The lowest BCUT2D eigenvalue weighted by atomic mass is 10.0. The number of amides is 1. The maximum Gasteiger partial charge on any atom is 0.230 e. The third-order valence-electron chi connectivity index (χ3n) is 4.60. The van der Waals surface area contributed by atoms with Crippen LogP contribution in [0.3, 0.4) is 0 Å². The van der Waals surface area contributed by atoms with Crippen LogP contribution in [0.25, 0.3) is 0 Å². The predicted octanol–water partition coefficient (Wildman–Crippen LogP) is 3.46. The molecule has 7 heteroatoms. The summed E-state index contributed by atoms with van der Waals surface area (Å²) in [5.74, 6) is -0.107. The number of nitriles is 1. The topological polar surface area (TPSA) is 77.7 Å². The number of benzene rings is 2. The van der Waals surface area contributed by atoms with Crippen molar-refractivity contribution in [3.05, 3.63) is 51.1 Å². The summed E-state index contributed by atoms with van der Waals surface area (Å²) in [6.45, 7) is 3.09. The van der Waals surface area contributed by atoms with E-state index < -0.39 is 0 Å². The van der Waals surface area contributed by atoms with Crippen molar-refractivity contribution in [2.45, 2.75) is 6.42 Å². The number of carbonyl (C=O) groups is 1. The largest absolute Gasteiger partial charge is 0.378 e. The summed E-state index contributed by atoms with van der Waals surface area (Å²) >= 11 is 2.30. The molecular weight excluding hydrogens is 455 g/mol. The second kappa shape index (κ2) is 7.66. The molecule has 2 aromatic carbocycles. The molecule has 0 aliphatic carbocycles. The number of nitrogens with zero attached hydrogens (tertiary/aromatic N) is 3. The van der Waals surface area contributed by atoms with Crippen LogP contribution >= 0.6 is 22.6 Å². The fourth-order valence-electron chi connectivity index (χ4n) is 3.26. The number of halogens is 1. The molecule has 0 bridgehead atoms. The molecule has 2 aromatic rings. The van der Waals surface area contributed by atoms with Gasteiger partial charge in [0.25, 0.3) is 0 Å². The van der Waals surface area contributed by atoms with Crippen molar-refractivity contribution >= 4 is 51.3 Å². The Bertz CT molecular complexity index is 974. The number of ether oxygens (including phenoxy) is 1. The van der Waals surface area contributed by atoms with Gasteiger partial charge in [-0.15, -0.1) is 0 Å². The van der Waals surface area contributed by atoms with Gasteiger partial charge >= 0.3 is 0 Å². The van der Waals surface area contributed by atoms with Gasteiger partial charge < -0.3 is 15.0 Å². The SMILES string of the molecule is N#Cc1cccc(C2=Nc3cc(N4CCOCC4)c(I)cc3NC(=O)C2)c1. The smallest absolute Gasteiger partial charge is 0.230 e. The number of anilines is 2. The van der Waals surface area contributed by atoms with Crippen LogP contribution in [0.1, 0.15) is 17.5 Å². The first kappa shape index (κ1) is 17.9. The van der Waals surface area contributed by atoms with Crippen LogP contribution in [0.15, 0.2) is 41.4 Å².